The van der Waals surface area contributed by atoms with Gasteiger partial charge in [0.1, 0.15) is 6.61 Å². The van der Waals surface area contributed by atoms with Gasteiger partial charge in [0.15, 0.2) is 0 Å². The number of benzene rings is 1. The molecule has 2 nitrogen and oxygen atoms in total. The van der Waals surface area contributed by atoms with E-state index in [9.17, 15) is 4.79 Å². The van der Waals surface area contributed by atoms with Crippen LogP contribution < -0.4 is 0 Å². The van der Waals surface area contributed by atoms with E-state index in [-0.39, 0.29) is 5.97 Å². The van der Waals surface area contributed by atoms with Crippen LogP contribution in [0.25, 0.3) is 0 Å². The third kappa shape index (κ3) is 3.73. The minimum Gasteiger partial charge on any atom is -0.457 e. The average molecular weight is 216 g/mol. The highest BCUT2D eigenvalue weighted by Gasteiger charge is 2.03. The number of carbonyl (C=O) groups excluding carboxylic acids is 1. The molecule has 0 aliphatic rings. The van der Waals surface area contributed by atoms with Crippen LogP contribution in [-0.2, 0) is 22.6 Å². The molecule has 16 heavy (non-hydrogen) atoms. The third-order valence-corrected chi connectivity index (χ3v) is 2.12. The van der Waals surface area contributed by atoms with Crippen molar-refractivity contribution in [2.45, 2.75) is 20.0 Å². The Morgan fingerprint density at radius 3 is 2.38 bits per heavy atom. The summed E-state index contributed by atoms with van der Waals surface area (Å²) in [5.41, 5.74) is 2.59. The summed E-state index contributed by atoms with van der Waals surface area (Å²) in [5, 5.41) is 0. The van der Waals surface area contributed by atoms with Crippen LogP contribution in [-0.4, -0.2) is 5.97 Å². The van der Waals surface area contributed by atoms with E-state index in [4.69, 9.17) is 4.74 Å². The molecule has 84 valence electrons. The Morgan fingerprint density at radius 2 is 1.88 bits per heavy atom. The highest BCUT2D eigenvalue weighted by atomic mass is 16.5. The van der Waals surface area contributed by atoms with E-state index in [1.165, 1.54) is 5.56 Å². The highest BCUT2D eigenvalue weighted by Crippen LogP contribution is 2.07. The molecule has 0 saturated heterocycles. The zero-order valence-electron chi connectivity index (χ0n) is 9.53. The molecular weight excluding hydrogens is 200 g/mol. The SMILES string of the molecule is C=CCc1ccc(COC(=O)C(=C)C)cc1. The molecule has 0 saturated carbocycles. The molecule has 0 spiro atoms. The molecule has 0 bridgehead atoms. The van der Waals surface area contributed by atoms with Gasteiger partial charge in [-0.25, -0.2) is 4.79 Å². The lowest BCUT2D eigenvalue weighted by Gasteiger charge is -2.05. The summed E-state index contributed by atoms with van der Waals surface area (Å²) in [6, 6.07) is 7.91. The monoisotopic (exact) mass is 216 g/mol. The van der Waals surface area contributed by atoms with E-state index in [0.717, 1.165) is 12.0 Å². The number of allylic oxidation sites excluding steroid dienone is 1. The van der Waals surface area contributed by atoms with Crippen LogP contribution in [0.15, 0.2) is 49.1 Å². The second kappa shape index (κ2) is 5.91. The molecular formula is C14H16O2. The molecule has 2 heteroatoms. The first-order valence-corrected chi connectivity index (χ1v) is 5.15. The Morgan fingerprint density at radius 1 is 1.31 bits per heavy atom. The van der Waals surface area contributed by atoms with Gasteiger partial charge in [-0.2, -0.15) is 0 Å². The van der Waals surface area contributed by atoms with Crippen molar-refractivity contribution in [1.29, 1.82) is 0 Å². The van der Waals surface area contributed by atoms with Gasteiger partial charge in [0.25, 0.3) is 0 Å². The van der Waals surface area contributed by atoms with Gasteiger partial charge in [-0.1, -0.05) is 36.9 Å². The largest absolute Gasteiger partial charge is 0.457 e. The molecule has 1 rings (SSSR count). The summed E-state index contributed by atoms with van der Waals surface area (Å²) in [4.78, 5) is 11.2. The van der Waals surface area contributed by atoms with Crippen molar-refractivity contribution < 1.29 is 9.53 Å². The summed E-state index contributed by atoms with van der Waals surface area (Å²) in [5.74, 6) is -0.352. The van der Waals surface area contributed by atoms with Gasteiger partial charge >= 0.3 is 5.97 Å². The molecule has 1 aromatic rings. The molecule has 0 N–H and O–H groups in total. The summed E-state index contributed by atoms with van der Waals surface area (Å²) in [6.45, 7) is 9.12. The van der Waals surface area contributed by atoms with Gasteiger partial charge in [-0.05, 0) is 24.5 Å². The summed E-state index contributed by atoms with van der Waals surface area (Å²) >= 11 is 0. The molecule has 0 fully saturated rings. The fourth-order valence-corrected chi connectivity index (χ4v) is 1.21. The van der Waals surface area contributed by atoms with Crippen LogP contribution >= 0.6 is 0 Å². The number of rotatable bonds is 5. The maximum Gasteiger partial charge on any atom is 0.333 e. The lowest BCUT2D eigenvalue weighted by Crippen LogP contribution is -2.04. The number of ether oxygens (including phenoxy) is 1. The smallest absolute Gasteiger partial charge is 0.333 e. The summed E-state index contributed by atoms with van der Waals surface area (Å²) in [7, 11) is 0. The lowest BCUT2D eigenvalue weighted by atomic mass is 10.1. The van der Waals surface area contributed by atoms with Crippen LogP contribution in [0.3, 0.4) is 0 Å². The van der Waals surface area contributed by atoms with E-state index in [1.54, 1.807) is 6.92 Å². The molecule has 0 aromatic heterocycles. The van der Waals surface area contributed by atoms with Crippen molar-refractivity contribution >= 4 is 5.97 Å². The predicted molar refractivity (Wildman–Crippen MR) is 65.0 cm³/mol. The zero-order chi connectivity index (χ0) is 12.0. The fraction of sp³-hybridized carbons (Fsp3) is 0.214. The van der Waals surface area contributed by atoms with E-state index >= 15 is 0 Å². The molecule has 0 heterocycles. The van der Waals surface area contributed by atoms with E-state index < -0.39 is 0 Å². The summed E-state index contributed by atoms with van der Waals surface area (Å²) < 4.78 is 5.03. The van der Waals surface area contributed by atoms with Crippen molar-refractivity contribution in [3.8, 4) is 0 Å². The average Bonchev–Trinajstić information content (AvgIpc) is 2.28. The van der Waals surface area contributed by atoms with Gasteiger partial charge in [0.2, 0.25) is 0 Å². The van der Waals surface area contributed by atoms with Gasteiger partial charge in [0.05, 0.1) is 0 Å². The molecule has 0 aliphatic carbocycles. The normalized spacial score (nSPS) is 9.56. The van der Waals surface area contributed by atoms with Crippen molar-refractivity contribution in [3.63, 3.8) is 0 Å². The van der Waals surface area contributed by atoms with E-state index in [1.807, 2.05) is 30.3 Å². The van der Waals surface area contributed by atoms with Crippen molar-refractivity contribution in [2.75, 3.05) is 0 Å². The van der Waals surface area contributed by atoms with Crippen molar-refractivity contribution in [3.05, 3.63) is 60.2 Å². The van der Waals surface area contributed by atoms with Crippen LogP contribution in [0, 0.1) is 0 Å². The Hall–Kier alpha value is -1.83. The minimum absolute atomic E-state index is 0.292. The number of hydrogen-bond acceptors (Lipinski definition) is 2. The van der Waals surface area contributed by atoms with Gasteiger partial charge in [-0.3, -0.25) is 0 Å². The first kappa shape index (κ1) is 12.2. The molecule has 0 radical (unpaired) electrons. The summed E-state index contributed by atoms with van der Waals surface area (Å²) in [6.07, 6.45) is 2.71. The molecule has 1 aromatic carbocycles. The van der Waals surface area contributed by atoms with Gasteiger partial charge in [0, 0.05) is 5.57 Å². The molecule has 0 amide bonds. The third-order valence-electron chi connectivity index (χ3n) is 2.12. The highest BCUT2D eigenvalue weighted by molar-refractivity contribution is 5.86. The quantitative estimate of drug-likeness (QED) is 0.429. The number of hydrogen-bond donors (Lipinski definition) is 0. The van der Waals surface area contributed by atoms with Crippen molar-refractivity contribution in [2.24, 2.45) is 0 Å². The van der Waals surface area contributed by atoms with Crippen molar-refractivity contribution in [1.82, 2.24) is 0 Å². The maximum absolute atomic E-state index is 11.2. The first-order chi connectivity index (χ1) is 7.63. The number of esters is 1. The lowest BCUT2D eigenvalue weighted by molar-refractivity contribution is -0.140. The Labute approximate surface area is 96.2 Å². The first-order valence-electron chi connectivity index (χ1n) is 5.15. The molecule has 0 atom stereocenters. The number of carbonyl (C=O) groups is 1. The van der Waals surface area contributed by atoms with Crippen LogP contribution in [0.4, 0.5) is 0 Å². The Balaban J connectivity index is 2.52. The van der Waals surface area contributed by atoms with Crippen LogP contribution in [0.5, 0.6) is 0 Å². The topological polar surface area (TPSA) is 26.3 Å². The fourth-order valence-electron chi connectivity index (χ4n) is 1.21. The second-order valence-electron chi connectivity index (χ2n) is 3.67. The van der Waals surface area contributed by atoms with Gasteiger partial charge < -0.3 is 4.74 Å². The predicted octanol–water partition coefficient (Wildman–Crippen LogP) is 3.03. The Kier molecular flexibility index (Phi) is 4.52. The molecule has 0 aliphatic heterocycles. The van der Waals surface area contributed by atoms with Gasteiger partial charge in [-0.15, -0.1) is 6.58 Å². The second-order valence-corrected chi connectivity index (χ2v) is 3.67. The van der Waals surface area contributed by atoms with Crippen LogP contribution in [0.2, 0.25) is 0 Å². The zero-order valence-corrected chi connectivity index (χ0v) is 9.53. The minimum atomic E-state index is -0.352. The van der Waals surface area contributed by atoms with E-state index in [0.29, 0.717) is 12.2 Å². The van der Waals surface area contributed by atoms with E-state index in [2.05, 4.69) is 13.2 Å². The standard InChI is InChI=1S/C14H16O2/c1-4-5-12-6-8-13(9-7-12)10-16-14(15)11(2)3/h4,6-9H,1-2,5,10H2,3H3. The molecule has 0 unspecified atom stereocenters. The Bertz CT molecular complexity index is 388. The van der Waals surface area contributed by atoms with Crippen LogP contribution in [0.1, 0.15) is 18.1 Å². The maximum atomic E-state index is 11.2.